The monoisotopic (exact) mass is 346 g/mol. The van der Waals surface area contributed by atoms with Crippen LogP contribution in [0.4, 0.5) is 0 Å². The highest BCUT2D eigenvalue weighted by Crippen LogP contribution is 2.55. The topological polar surface area (TPSA) is 55.1 Å². The third-order valence-electron chi connectivity index (χ3n) is 6.90. The van der Waals surface area contributed by atoms with E-state index in [0.29, 0.717) is 17.8 Å². The van der Waals surface area contributed by atoms with E-state index in [-0.39, 0.29) is 5.91 Å². The Morgan fingerprint density at radius 3 is 2.08 bits per heavy atom. The van der Waals surface area contributed by atoms with Crippen molar-refractivity contribution in [2.45, 2.75) is 49.5 Å². The maximum atomic E-state index is 12.7. The Balaban J connectivity index is 1.43. The fourth-order valence-corrected chi connectivity index (χ4v) is 5.59. The Hall–Kier alpha value is -2.13. The molecule has 1 amide bonds. The predicted octanol–water partition coefficient (Wildman–Crippen LogP) is 3.67. The van der Waals surface area contributed by atoms with Crippen molar-refractivity contribution in [3.05, 3.63) is 70.8 Å². The van der Waals surface area contributed by atoms with Crippen molar-refractivity contribution in [1.82, 2.24) is 5.32 Å². The number of carbonyl (C=O) groups excluding carboxylic acids is 1. The number of hydrogen-bond acceptors (Lipinski definition) is 2. The minimum Gasteiger partial charge on any atom is -0.354 e. The summed E-state index contributed by atoms with van der Waals surface area (Å²) in [6.45, 7) is 0.724. The number of nitrogens with two attached hydrogens (primary N) is 1. The average Bonchev–Trinajstić information content (AvgIpc) is 3.14. The number of carbonyl (C=O) groups is 1. The zero-order chi connectivity index (χ0) is 17.7. The van der Waals surface area contributed by atoms with Gasteiger partial charge in [0.25, 0.3) is 0 Å². The Morgan fingerprint density at radius 2 is 1.50 bits per heavy atom. The fourth-order valence-electron chi connectivity index (χ4n) is 5.59. The van der Waals surface area contributed by atoms with E-state index >= 15 is 0 Å². The smallest absolute Gasteiger partial charge is 0.240 e. The molecule has 4 aliphatic carbocycles. The van der Waals surface area contributed by atoms with Crippen molar-refractivity contribution in [1.29, 1.82) is 0 Å². The summed E-state index contributed by atoms with van der Waals surface area (Å²) in [5.41, 5.74) is 11.6. The van der Waals surface area contributed by atoms with Gasteiger partial charge in [0.2, 0.25) is 5.91 Å². The highest BCUT2D eigenvalue weighted by molar-refractivity contribution is 5.86. The van der Waals surface area contributed by atoms with Gasteiger partial charge in [-0.05, 0) is 47.4 Å². The van der Waals surface area contributed by atoms with Crippen molar-refractivity contribution in [3.8, 4) is 0 Å². The van der Waals surface area contributed by atoms with Crippen LogP contribution in [0.25, 0.3) is 0 Å². The molecule has 1 fully saturated rings. The number of fused-ring (bicyclic) bond motifs is 1. The Kier molecular flexibility index (Phi) is 3.68. The van der Waals surface area contributed by atoms with E-state index < -0.39 is 5.54 Å². The summed E-state index contributed by atoms with van der Waals surface area (Å²) in [5, 5.41) is 3.22. The van der Waals surface area contributed by atoms with Crippen LogP contribution in [0.15, 0.2) is 48.5 Å². The molecule has 3 N–H and O–H groups in total. The van der Waals surface area contributed by atoms with Gasteiger partial charge in [-0.25, -0.2) is 0 Å². The molecule has 26 heavy (non-hydrogen) atoms. The first-order chi connectivity index (χ1) is 12.7. The normalized spacial score (nSPS) is 27.7. The molecule has 1 atom stereocenters. The SMILES string of the molecule is NC1(C(=O)NCC2CC3c4ccccc4C2c2ccccc23)CCCC1. The lowest BCUT2D eigenvalue weighted by Crippen LogP contribution is -2.53. The standard InChI is InChI=1S/C23H26N2O/c24-23(11-5-6-12-23)22(26)25-14-15-13-20-16-7-1-3-9-18(16)21(15)19-10-4-2-8-17(19)20/h1-4,7-10,15,20-21H,5-6,11-14,24H2,(H,25,26). The molecule has 2 bridgehead atoms. The van der Waals surface area contributed by atoms with Gasteiger partial charge in [-0.1, -0.05) is 61.4 Å². The number of nitrogens with one attached hydrogen (secondary N) is 1. The zero-order valence-electron chi connectivity index (χ0n) is 15.1. The summed E-state index contributed by atoms with van der Waals surface area (Å²) in [6, 6.07) is 17.7. The van der Waals surface area contributed by atoms with Crippen LogP contribution in [0.2, 0.25) is 0 Å². The van der Waals surface area contributed by atoms with Gasteiger partial charge in [0.1, 0.15) is 0 Å². The van der Waals surface area contributed by atoms with Crippen molar-refractivity contribution in [3.63, 3.8) is 0 Å². The molecule has 3 nitrogen and oxygen atoms in total. The molecule has 4 aliphatic rings. The molecule has 6 rings (SSSR count). The van der Waals surface area contributed by atoms with E-state index in [9.17, 15) is 4.79 Å². The molecule has 1 saturated carbocycles. The van der Waals surface area contributed by atoms with Crippen LogP contribution in [0.1, 0.15) is 66.2 Å². The Bertz CT molecular complexity index is 805. The first kappa shape index (κ1) is 16.1. The van der Waals surface area contributed by atoms with Gasteiger partial charge < -0.3 is 11.1 Å². The third kappa shape index (κ3) is 2.34. The second kappa shape index (κ2) is 5.95. The van der Waals surface area contributed by atoms with Gasteiger partial charge in [0, 0.05) is 18.4 Å². The fraction of sp³-hybridized carbons (Fsp3) is 0.435. The highest BCUT2D eigenvalue weighted by Gasteiger charge is 2.44. The lowest BCUT2D eigenvalue weighted by molar-refractivity contribution is -0.126. The van der Waals surface area contributed by atoms with E-state index in [0.717, 1.165) is 38.6 Å². The second-order valence-electron chi connectivity index (χ2n) is 8.36. The van der Waals surface area contributed by atoms with Gasteiger partial charge in [0.05, 0.1) is 5.54 Å². The van der Waals surface area contributed by atoms with Crippen molar-refractivity contribution in [2.24, 2.45) is 11.7 Å². The number of amides is 1. The second-order valence-corrected chi connectivity index (χ2v) is 8.36. The largest absolute Gasteiger partial charge is 0.354 e. The maximum Gasteiger partial charge on any atom is 0.240 e. The lowest BCUT2D eigenvalue weighted by atomic mass is 9.59. The molecule has 2 aromatic carbocycles. The van der Waals surface area contributed by atoms with E-state index in [4.69, 9.17) is 5.73 Å². The molecule has 0 radical (unpaired) electrons. The lowest BCUT2D eigenvalue weighted by Gasteiger charge is -2.45. The Morgan fingerprint density at radius 1 is 0.962 bits per heavy atom. The van der Waals surface area contributed by atoms with E-state index in [1.807, 2.05) is 0 Å². The van der Waals surface area contributed by atoms with Gasteiger partial charge in [-0.3, -0.25) is 4.79 Å². The molecular formula is C23H26N2O. The van der Waals surface area contributed by atoms with Crippen LogP contribution in [-0.4, -0.2) is 18.0 Å². The van der Waals surface area contributed by atoms with E-state index in [2.05, 4.69) is 53.8 Å². The number of benzene rings is 2. The summed E-state index contributed by atoms with van der Waals surface area (Å²) >= 11 is 0. The first-order valence-corrected chi connectivity index (χ1v) is 9.92. The van der Waals surface area contributed by atoms with E-state index in [1.54, 1.807) is 0 Å². The average molecular weight is 346 g/mol. The molecular weight excluding hydrogens is 320 g/mol. The summed E-state index contributed by atoms with van der Waals surface area (Å²) in [4.78, 5) is 12.7. The predicted molar refractivity (Wildman–Crippen MR) is 103 cm³/mol. The van der Waals surface area contributed by atoms with Crippen LogP contribution >= 0.6 is 0 Å². The highest BCUT2D eigenvalue weighted by atomic mass is 16.2. The van der Waals surface area contributed by atoms with Crippen LogP contribution in [0.5, 0.6) is 0 Å². The van der Waals surface area contributed by atoms with E-state index in [1.165, 1.54) is 22.3 Å². The Labute approximate surface area is 155 Å². The molecule has 3 heteroatoms. The van der Waals surface area contributed by atoms with Crippen molar-refractivity contribution >= 4 is 5.91 Å². The molecule has 134 valence electrons. The summed E-state index contributed by atoms with van der Waals surface area (Å²) in [7, 11) is 0. The molecule has 0 aliphatic heterocycles. The summed E-state index contributed by atoms with van der Waals surface area (Å²) in [5.74, 6) is 1.33. The van der Waals surface area contributed by atoms with Gasteiger partial charge >= 0.3 is 0 Å². The van der Waals surface area contributed by atoms with Crippen LogP contribution < -0.4 is 11.1 Å². The van der Waals surface area contributed by atoms with Gasteiger partial charge in [0.15, 0.2) is 0 Å². The number of hydrogen-bond donors (Lipinski definition) is 2. The van der Waals surface area contributed by atoms with Crippen molar-refractivity contribution in [2.75, 3.05) is 6.54 Å². The van der Waals surface area contributed by atoms with Gasteiger partial charge in [-0.2, -0.15) is 0 Å². The molecule has 0 aromatic heterocycles. The van der Waals surface area contributed by atoms with Crippen molar-refractivity contribution < 1.29 is 4.79 Å². The van der Waals surface area contributed by atoms with Crippen LogP contribution in [0, 0.1) is 5.92 Å². The van der Waals surface area contributed by atoms with Crippen LogP contribution in [0.3, 0.4) is 0 Å². The minimum atomic E-state index is -0.635. The van der Waals surface area contributed by atoms with Crippen LogP contribution in [-0.2, 0) is 4.79 Å². The molecule has 2 aromatic rings. The minimum absolute atomic E-state index is 0.0537. The molecule has 0 heterocycles. The third-order valence-corrected chi connectivity index (χ3v) is 6.90. The quantitative estimate of drug-likeness (QED) is 0.891. The maximum absolute atomic E-state index is 12.7. The summed E-state index contributed by atoms with van der Waals surface area (Å²) in [6.07, 6.45) is 4.89. The zero-order valence-corrected chi connectivity index (χ0v) is 15.1. The van der Waals surface area contributed by atoms with Gasteiger partial charge in [-0.15, -0.1) is 0 Å². The summed E-state index contributed by atoms with van der Waals surface area (Å²) < 4.78 is 0. The number of rotatable bonds is 3. The first-order valence-electron chi connectivity index (χ1n) is 9.92. The molecule has 1 unspecified atom stereocenters. The molecule has 0 spiro atoms. The molecule has 0 saturated heterocycles.